The average Bonchev–Trinajstić information content (AvgIpc) is 2.12. The van der Waals surface area contributed by atoms with Gasteiger partial charge >= 0.3 is 0 Å². The molecule has 1 atom stereocenters. The molecule has 0 aromatic heterocycles. The van der Waals surface area contributed by atoms with E-state index in [0.717, 1.165) is 25.2 Å². The Bertz CT molecular complexity index is 307. The van der Waals surface area contributed by atoms with E-state index >= 15 is 0 Å². The first kappa shape index (κ1) is 8.74. The van der Waals surface area contributed by atoms with Crippen LogP contribution in [0.2, 0.25) is 0 Å². The molecule has 0 bridgehead atoms. The molecule has 0 heterocycles. The van der Waals surface area contributed by atoms with Crippen LogP contribution in [0, 0.1) is 5.92 Å². The molecule has 0 saturated carbocycles. The zero-order valence-corrected chi connectivity index (χ0v) is 8.39. The molecular weight excluding hydrogens is 160 g/mol. The number of carbonyl (C=O) groups excluding carboxylic acids is 1. The lowest BCUT2D eigenvalue weighted by molar-refractivity contribution is -0.114. The van der Waals surface area contributed by atoms with Gasteiger partial charge in [-0.3, -0.25) is 4.79 Å². The lowest BCUT2D eigenvalue weighted by atomic mass is 9.77. The number of fused-ring (bicyclic) bond motifs is 1. The maximum absolute atomic E-state index is 11.2. The fraction of sp³-hybridized carbons (Fsp3) is 0.583. The van der Waals surface area contributed by atoms with E-state index in [9.17, 15) is 4.79 Å². The zero-order chi connectivity index (χ0) is 9.42. The molecule has 1 nitrogen and oxygen atoms in total. The number of carbonyl (C=O) groups is 1. The third-order valence-electron chi connectivity index (χ3n) is 3.41. The van der Waals surface area contributed by atoms with E-state index in [1.165, 1.54) is 23.1 Å². The second-order valence-corrected chi connectivity index (χ2v) is 4.24. The lowest BCUT2D eigenvalue weighted by Crippen LogP contribution is -2.15. The van der Waals surface area contributed by atoms with Gasteiger partial charge in [0.15, 0.2) is 5.78 Å². The number of hydrogen-bond donors (Lipinski definition) is 0. The molecule has 2 aliphatic carbocycles. The highest BCUT2D eigenvalue weighted by molar-refractivity contribution is 5.93. The van der Waals surface area contributed by atoms with Gasteiger partial charge in [0.2, 0.25) is 0 Å². The van der Waals surface area contributed by atoms with Gasteiger partial charge in [0.25, 0.3) is 0 Å². The van der Waals surface area contributed by atoms with Gasteiger partial charge < -0.3 is 0 Å². The first-order valence-electron chi connectivity index (χ1n) is 5.12. The van der Waals surface area contributed by atoms with Crippen LogP contribution in [0.15, 0.2) is 22.8 Å². The lowest BCUT2D eigenvalue weighted by Gasteiger charge is -2.28. The van der Waals surface area contributed by atoms with Gasteiger partial charge in [-0.05, 0) is 49.3 Å². The summed E-state index contributed by atoms with van der Waals surface area (Å²) in [7, 11) is 0. The molecule has 70 valence electrons. The summed E-state index contributed by atoms with van der Waals surface area (Å²) in [5.74, 6) is 1.04. The van der Waals surface area contributed by atoms with E-state index in [2.05, 4.69) is 13.8 Å². The van der Waals surface area contributed by atoms with Gasteiger partial charge in [-0.1, -0.05) is 12.5 Å². The van der Waals surface area contributed by atoms with Crippen molar-refractivity contribution in [3.63, 3.8) is 0 Å². The third-order valence-corrected chi connectivity index (χ3v) is 3.41. The Morgan fingerprint density at radius 3 is 2.85 bits per heavy atom. The van der Waals surface area contributed by atoms with Gasteiger partial charge in [0.05, 0.1) is 0 Å². The van der Waals surface area contributed by atoms with Crippen molar-refractivity contribution in [1.29, 1.82) is 0 Å². The average molecular weight is 176 g/mol. The molecule has 0 aromatic carbocycles. The normalized spacial score (nSPS) is 28.6. The molecule has 1 heteroatoms. The Balaban J connectivity index is 2.41. The van der Waals surface area contributed by atoms with Crippen molar-refractivity contribution in [2.75, 3.05) is 0 Å². The maximum atomic E-state index is 11.2. The molecule has 2 aliphatic rings. The highest BCUT2D eigenvalue weighted by atomic mass is 16.1. The topological polar surface area (TPSA) is 17.1 Å². The molecule has 0 aliphatic heterocycles. The number of ketones is 1. The summed E-state index contributed by atoms with van der Waals surface area (Å²) in [6.07, 6.45) is 5.91. The van der Waals surface area contributed by atoms with E-state index in [1.807, 2.05) is 6.08 Å². The number of rotatable bonds is 0. The molecule has 0 saturated heterocycles. The van der Waals surface area contributed by atoms with Gasteiger partial charge in [-0.25, -0.2) is 0 Å². The zero-order valence-electron chi connectivity index (χ0n) is 8.39. The molecule has 0 aromatic rings. The Morgan fingerprint density at radius 1 is 1.31 bits per heavy atom. The second kappa shape index (κ2) is 3.13. The van der Waals surface area contributed by atoms with E-state index in [-0.39, 0.29) is 0 Å². The summed E-state index contributed by atoms with van der Waals surface area (Å²) >= 11 is 0. The molecule has 0 spiro atoms. The second-order valence-electron chi connectivity index (χ2n) is 4.24. The van der Waals surface area contributed by atoms with Gasteiger partial charge in [0, 0.05) is 6.42 Å². The first-order valence-corrected chi connectivity index (χ1v) is 5.12. The summed E-state index contributed by atoms with van der Waals surface area (Å²) < 4.78 is 0. The quantitative estimate of drug-likeness (QED) is 0.554. The minimum atomic E-state index is 0.320. The molecule has 13 heavy (non-hydrogen) atoms. The molecule has 0 N–H and O–H groups in total. The Morgan fingerprint density at radius 2 is 2.08 bits per heavy atom. The monoisotopic (exact) mass is 176 g/mol. The van der Waals surface area contributed by atoms with E-state index in [4.69, 9.17) is 0 Å². The van der Waals surface area contributed by atoms with Crippen LogP contribution in [0.25, 0.3) is 0 Å². The van der Waals surface area contributed by atoms with Crippen LogP contribution in [0.5, 0.6) is 0 Å². The molecule has 0 radical (unpaired) electrons. The minimum Gasteiger partial charge on any atom is -0.295 e. The molecule has 2 rings (SSSR count). The van der Waals surface area contributed by atoms with Crippen LogP contribution in [0.1, 0.15) is 39.5 Å². The van der Waals surface area contributed by atoms with E-state index in [1.54, 1.807) is 0 Å². The number of hydrogen-bond acceptors (Lipinski definition) is 1. The predicted octanol–water partition coefficient (Wildman–Crippen LogP) is 3.02. The van der Waals surface area contributed by atoms with Gasteiger partial charge in [-0.2, -0.15) is 0 Å². The summed E-state index contributed by atoms with van der Waals surface area (Å²) in [5.41, 5.74) is 4.33. The van der Waals surface area contributed by atoms with Crippen molar-refractivity contribution in [2.45, 2.75) is 39.5 Å². The smallest absolute Gasteiger partial charge is 0.156 e. The summed E-state index contributed by atoms with van der Waals surface area (Å²) in [5, 5.41) is 0. The minimum absolute atomic E-state index is 0.320. The number of allylic oxidation sites excluding steroid dienone is 4. The largest absolute Gasteiger partial charge is 0.295 e. The first-order chi connectivity index (χ1) is 6.18. The standard InChI is InChI=1S/C12H16O/c1-8-3-4-10-7-11(13)5-6-12(10)9(8)2/h7-8H,3-6H2,1-2H3. The third kappa shape index (κ3) is 1.48. The highest BCUT2D eigenvalue weighted by Crippen LogP contribution is 2.37. The van der Waals surface area contributed by atoms with Crippen molar-refractivity contribution in [3.8, 4) is 0 Å². The fourth-order valence-electron chi connectivity index (χ4n) is 2.32. The fourth-order valence-corrected chi connectivity index (χ4v) is 2.32. The maximum Gasteiger partial charge on any atom is 0.156 e. The summed E-state index contributed by atoms with van der Waals surface area (Å²) in [4.78, 5) is 11.2. The predicted molar refractivity (Wildman–Crippen MR) is 53.4 cm³/mol. The SMILES string of the molecule is CC1=C2CCC(=O)C=C2CCC1C. The van der Waals surface area contributed by atoms with Crippen LogP contribution in [-0.4, -0.2) is 5.78 Å². The van der Waals surface area contributed by atoms with Crippen molar-refractivity contribution in [2.24, 2.45) is 5.92 Å². The van der Waals surface area contributed by atoms with Crippen LogP contribution in [0.3, 0.4) is 0 Å². The molecule has 0 fully saturated rings. The summed E-state index contributed by atoms with van der Waals surface area (Å²) in [6, 6.07) is 0. The van der Waals surface area contributed by atoms with Crippen LogP contribution < -0.4 is 0 Å². The highest BCUT2D eigenvalue weighted by Gasteiger charge is 2.23. The Hall–Kier alpha value is -0.850. The van der Waals surface area contributed by atoms with Gasteiger partial charge in [0.1, 0.15) is 0 Å². The Kier molecular flexibility index (Phi) is 2.10. The van der Waals surface area contributed by atoms with E-state index in [0.29, 0.717) is 5.78 Å². The molecule has 1 unspecified atom stereocenters. The Labute approximate surface area is 79.5 Å². The van der Waals surface area contributed by atoms with Crippen molar-refractivity contribution in [3.05, 3.63) is 22.8 Å². The van der Waals surface area contributed by atoms with E-state index < -0.39 is 0 Å². The van der Waals surface area contributed by atoms with Crippen molar-refractivity contribution < 1.29 is 4.79 Å². The van der Waals surface area contributed by atoms with Crippen molar-refractivity contribution in [1.82, 2.24) is 0 Å². The summed E-state index contributed by atoms with van der Waals surface area (Å²) in [6.45, 7) is 4.51. The van der Waals surface area contributed by atoms with Crippen LogP contribution >= 0.6 is 0 Å². The van der Waals surface area contributed by atoms with Crippen LogP contribution in [0.4, 0.5) is 0 Å². The molecular formula is C12H16O. The van der Waals surface area contributed by atoms with Crippen LogP contribution in [-0.2, 0) is 4.79 Å². The molecule has 0 amide bonds. The van der Waals surface area contributed by atoms with Crippen molar-refractivity contribution >= 4 is 5.78 Å². The van der Waals surface area contributed by atoms with Gasteiger partial charge in [-0.15, -0.1) is 0 Å².